The molecule has 0 bridgehead atoms. The van der Waals surface area contributed by atoms with Crippen molar-refractivity contribution in [3.05, 3.63) is 64.7 Å². The van der Waals surface area contributed by atoms with Gasteiger partial charge in [0, 0.05) is 25.3 Å². The summed E-state index contributed by atoms with van der Waals surface area (Å²) in [5.74, 6) is -0.270. The normalized spacial score (nSPS) is 11.7. The molecule has 1 amide bonds. The van der Waals surface area contributed by atoms with Crippen LogP contribution in [0.15, 0.2) is 42.5 Å². The Bertz CT molecular complexity index is 832. The minimum Gasteiger partial charge on any atom is -0.508 e. The summed E-state index contributed by atoms with van der Waals surface area (Å²) >= 11 is 0. The average molecular weight is 540 g/mol. The molecule has 0 saturated heterocycles. The Balaban J connectivity index is 0.00000578. The number of carbonyl (C=O) groups excluding carboxylic acids is 1. The number of amides is 1. The molecule has 1 unspecified atom stereocenters. The predicted molar refractivity (Wildman–Crippen MR) is 139 cm³/mol. The Kier molecular flexibility index (Phi) is 15.4. The summed E-state index contributed by atoms with van der Waals surface area (Å²) < 4.78 is 5.72. The van der Waals surface area contributed by atoms with Crippen LogP contribution in [0.25, 0.3) is 0 Å². The standard InChI is InChI=1S/C26H38N2O5.BrH/c27-26(32)16-21-9-7-20(8-10-21)6-5-15-33-14-4-2-1-3-13-28-18-25(31)22-11-12-24(30)23(17-22)19-29;/h7-12,17,25,28-31H,1-6,13-16,18-19H2,(H2,27,32);1H. The number of hydrogen-bond acceptors (Lipinski definition) is 6. The van der Waals surface area contributed by atoms with E-state index in [4.69, 9.17) is 10.5 Å². The number of primary amides is 1. The van der Waals surface area contributed by atoms with Gasteiger partial charge in [-0.25, -0.2) is 0 Å². The van der Waals surface area contributed by atoms with Crippen LogP contribution in [0.5, 0.6) is 5.75 Å². The molecular weight excluding hydrogens is 500 g/mol. The van der Waals surface area contributed by atoms with Crippen LogP contribution in [-0.4, -0.2) is 47.5 Å². The fourth-order valence-corrected chi connectivity index (χ4v) is 3.61. The van der Waals surface area contributed by atoms with E-state index in [1.54, 1.807) is 12.1 Å². The minimum absolute atomic E-state index is 0. The molecular formula is C26H39BrN2O5. The van der Waals surface area contributed by atoms with Crippen LogP contribution in [0.1, 0.15) is 60.5 Å². The number of halogens is 1. The number of nitrogens with one attached hydrogen (secondary N) is 1. The molecule has 190 valence electrons. The highest BCUT2D eigenvalue weighted by molar-refractivity contribution is 8.93. The second-order valence-corrected chi connectivity index (χ2v) is 8.36. The van der Waals surface area contributed by atoms with Gasteiger partial charge >= 0.3 is 0 Å². The smallest absolute Gasteiger partial charge is 0.221 e. The first-order valence-electron chi connectivity index (χ1n) is 11.7. The van der Waals surface area contributed by atoms with Crippen molar-refractivity contribution in [1.82, 2.24) is 5.32 Å². The van der Waals surface area contributed by atoms with Crippen LogP contribution >= 0.6 is 17.0 Å². The SMILES string of the molecule is Br.NC(=O)Cc1ccc(CCCOCCCCCCNCC(O)c2ccc(O)c(CO)c2)cc1. The van der Waals surface area contributed by atoms with Crippen LogP contribution in [0, 0.1) is 0 Å². The molecule has 0 saturated carbocycles. The highest BCUT2D eigenvalue weighted by atomic mass is 79.9. The van der Waals surface area contributed by atoms with Gasteiger partial charge in [-0.15, -0.1) is 17.0 Å². The number of carbonyl (C=O) groups is 1. The summed E-state index contributed by atoms with van der Waals surface area (Å²) in [6.07, 6.45) is 5.85. The lowest BCUT2D eigenvalue weighted by Gasteiger charge is -2.14. The van der Waals surface area contributed by atoms with Gasteiger partial charge < -0.3 is 31.1 Å². The highest BCUT2D eigenvalue weighted by Crippen LogP contribution is 2.22. The molecule has 0 aliphatic carbocycles. The third kappa shape index (κ3) is 11.9. The van der Waals surface area contributed by atoms with Crippen molar-refractivity contribution in [3.8, 4) is 5.75 Å². The molecule has 2 rings (SSSR count). The number of aliphatic hydroxyl groups is 2. The number of hydrogen-bond donors (Lipinski definition) is 5. The first-order chi connectivity index (χ1) is 16.0. The zero-order valence-electron chi connectivity index (χ0n) is 19.7. The molecule has 0 spiro atoms. The van der Waals surface area contributed by atoms with Crippen LogP contribution in [0.3, 0.4) is 0 Å². The third-order valence-electron chi connectivity index (χ3n) is 5.54. The third-order valence-corrected chi connectivity index (χ3v) is 5.54. The van der Waals surface area contributed by atoms with Gasteiger partial charge in [0.2, 0.25) is 5.91 Å². The van der Waals surface area contributed by atoms with E-state index >= 15 is 0 Å². The van der Waals surface area contributed by atoms with Crippen molar-refractivity contribution in [3.63, 3.8) is 0 Å². The molecule has 2 aromatic carbocycles. The van der Waals surface area contributed by atoms with Crippen LogP contribution in [0.2, 0.25) is 0 Å². The maximum atomic E-state index is 10.9. The fraction of sp³-hybridized carbons (Fsp3) is 0.500. The van der Waals surface area contributed by atoms with Crippen LogP contribution in [-0.2, 0) is 29.0 Å². The van der Waals surface area contributed by atoms with Gasteiger partial charge in [0.05, 0.1) is 19.1 Å². The van der Waals surface area contributed by atoms with Crippen molar-refractivity contribution >= 4 is 22.9 Å². The van der Waals surface area contributed by atoms with E-state index in [1.807, 2.05) is 24.3 Å². The molecule has 1 atom stereocenters. The number of benzene rings is 2. The first kappa shape index (κ1) is 30.1. The second-order valence-electron chi connectivity index (χ2n) is 8.36. The Morgan fingerprint density at radius 2 is 1.65 bits per heavy atom. The minimum atomic E-state index is -0.669. The van der Waals surface area contributed by atoms with Gasteiger partial charge in [-0.2, -0.15) is 0 Å². The second kappa shape index (κ2) is 17.5. The van der Waals surface area contributed by atoms with Crippen LogP contribution in [0.4, 0.5) is 0 Å². The van der Waals surface area contributed by atoms with Gasteiger partial charge in [0.1, 0.15) is 5.75 Å². The molecule has 0 aliphatic heterocycles. The molecule has 0 radical (unpaired) electrons. The summed E-state index contributed by atoms with van der Waals surface area (Å²) in [5, 5.41) is 32.3. The first-order valence-corrected chi connectivity index (χ1v) is 11.7. The van der Waals surface area contributed by atoms with E-state index in [0.29, 0.717) is 17.7 Å². The molecule has 0 aliphatic rings. The predicted octanol–water partition coefficient (Wildman–Crippen LogP) is 3.32. The Labute approximate surface area is 213 Å². The molecule has 2 aromatic rings. The average Bonchev–Trinajstić information content (AvgIpc) is 2.80. The Morgan fingerprint density at radius 3 is 2.35 bits per heavy atom. The zero-order valence-corrected chi connectivity index (χ0v) is 21.5. The van der Waals surface area contributed by atoms with Gasteiger partial charge in [0.15, 0.2) is 0 Å². The number of aromatic hydroxyl groups is 1. The topological polar surface area (TPSA) is 125 Å². The number of aliphatic hydroxyl groups excluding tert-OH is 2. The number of rotatable bonds is 17. The Hall–Kier alpha value is -1.97. The van der Waals surface area contributed by atoms with E-state index in [-0.39, 0.29) is 41.7 Å². The van der Waals surface area contributed by atoms with E-state index in [1.165, 1.54) is 11.6 Å². The largest absolute Gasteiger partial charge is 0.508 e. The molecule has 6 N–H and O–H groups in total. The quantitative estimate of drug-likeness (QED) is 0.197. The van der Waals surface area contributed by atoms with Crippen molar-refractivity contribution in [2.75, 3.05) is 26.3 Å². The number of ether oxygens (including phenoxy) is 1. The molecule has 0 aromatic heterocycles. The number of nitrogens with two attached hydrogens (primary N) is 1. The number of phenols is 1. The number of unbranched alkanes of at least 4 members (excludes halogenated alkanes) is 3. The van der Waals surface area contributed by atoms with Crippen molar-refractivity contribution in [2.24, 2.45) is 5.73 Å². The lowest BCUT2D eigenvalue weighted by molar-refractivity contribution is -0.117. The number of aryl methyl sites for hydroxylation is 1. The van der Waals surface area contributed by atoms with Gasteiger partial charge in [0.25, 0.3) is 0 Å². The molecule has 8 heteroatoms. The van der Waals surface area contributed by atoms with Crippen molar-refractivity contribution < 1.29 is 24.9 Å². The zero-order chi connectivity index (χ0) is 23.9. The molecule has 7 nitrogen and oxygen atoms in total. The van der Waals surface area contributed by atoms with Gasteiger partial charge in [-0.3, -0.25) is 4.79 Å². The van der Waals surface area contributed by atoms with E-state index < -0.39 is 6.10 Å². The summed E-state index contributed by atoms with van der Waals surface area (Å²) in [6.45, 7) is 2.54. The highest BCUT2D eigenvalue weighted by Gasteiger charge is 2.09. The summed E-state index contributed by atoms with van der Waals surface area (Å²) in [4.78, 5) is 10.9. The summed E-state index contributed by atoms with van der Waals surface area (Å²) in [7, 11) is 0. The van der Waals surface area contributed by atoms with E-state index in [0.717, 1.165) is 63.8 Å². The fourth-order valence-electron chi connectivity index (χ4n) is 3.61. The van der Waals surface area contributed by atoms with Crippen molar-refractivity contribution in [2.45, 2.75) is 57.7 Å². The lowest BCUT2D eigenvalue weighted by Crippen LogP contribution is -2.22. The lowest BCUT2D eigenvalue weighted by atomic mass is 10.1. The summed E-state index contributed by atoms with van der Waals surface area (Å²) in [6, 6.07) is 12.8. The van der Waals surface area contributed by atoms with E-state index in [9.17, 15) is 20.1 Å². The van der Waals surface area contributed by atoms with Gasteiger partial charge in [-0.1, -0.05) is 43.2 Å². The molecule has 0 heterocycles. The Morgan fingerprint density at radius 1 is 0.971 bits per heavy atom. The van der Waals surface area contributed by atoms with Gasteiger partial charge in [-0.05, 0) is 61.1 Å². The van der Waals surface area contributed by atoms with E-state index in [2.05, 4.69) is 5.32 Å². The maximum absolute atomic E-state index is 10.9. The van der Waals surface area contributed by atoms with Crippen molar-refractivity contribution in [1.29, 1.82) is 0 Å². The monoisotopic (exact) mass is 538 g/mol. The van der Waals surface area contributed by atoms with Crippen LogP contribution < -0.4 is 11.1 Å². The molecule has 34 heavy (non-hydrogen) atoms. The molecule has 0 fully saturated rings. The maximum Gasteiger partial charge on any atom is 0.221 e. The summed E-state index contributed by atoms with van der Waals surface area (Å²) in [5.41, 5.74) is 8.49.